The number of aromatic nitrogens is 1. The second-order valence-corrected chi connectivity index (χ2v) is 8.57. The first-order valence-corrected chi connectivity index (χ1v) is 11.0. The Morgan fingerprint density at radius 3 is 2.39 bits per heavy atom. The van der Waals surface area contributed by atoms with Crippen molar-refractivity contribution in [2.24, 2.45) is 5.14 Å². The Labute approximate surface area is 180 Å². The molecule has 0 aliphatic carbocycles. The fourth-order valence-corrected chi connectivity index (χ4v) is 3.76. The molecule has 0 aliphatic heterocycles. The van der Waals surface area contributed by atoms with E-state index in [-0.39, 0.29) is 10.9 Å². The molecule has 3 N–H and O–H groups in total. The molecular formula is C23H21N3O4S. The molecule has 4 aromatic rings. The lowest BCUT2D eigenvalue weighted by Gasteiger charge is -2.10. The van der Waals surface area contributed by atoms with Crippen LogP contribution in [0.25, 0.3) is 22.5 Å². The number of nitrogens with zero attached hydrogens (tertiary/aromatic N) is 1. The van der Waals surface area contributed by atoms with Gasteiger partial charge in [0.15, 0.2) is 5.76 Å². The fraction of sp³-hybridized carbons (Fsp3) is 0.0870. The Kier molecular flexibility index (Phi) is 5.50. The number of anilines is 2. The van der Waals surface area contributed by atoms with Gasteiger partial charge in [0.05, 0.1) is 23.9 Å². The van der Waals surface area contributed by atoms with Crippen molar-refractivity contribution in [3.05, 3.63) is 78.5 Å². The standard InChI is InChI=1S/C23H21N3O4S/c1-15-5-3-6-16(11-15)17-7-4-8-18(12-17)22-14-25-23(30-22)26-20-13-19(31(24,27)28)9-10-21(20)29-2/h3-14H,1-2H3,(H,25,26)(H2,24,27,28). The van der Waals surface area contributed by atoms with Crippen LogP contribution >= 0.6 is 0 Å². The molecule has 0 atom stereocenters. The van der Waals surface area contributed by atoms with Crippen LogP contribution < -0.4 is 15.2 Å². The molecular weight excluding hydrogens is 414 g/mol. The largest absolute Gasteiger partial charge is 0.495 e. The predicted molar refractivity (Wildman–Crippen MR) is 120 cm³/mol. The van der Waals surface area contributed by atoms with Gasteiger partial charge in [0.2, 0.25) is 10.0 Å². The van der Waals surface area contributed by atoms with E-state index >= 15 is 0 Å². The summed E-state index contributed by atoms with van der Waals surface area (Å²) in [6.07, 6.45) is 1.60. The molecule has 1 heterocycles. The summed E-state index contributed by atoms with van der Waals surface area (Å²) < 4.78 is 34.5. The van der Waals surface area contributed by atoms with E-state index in [1.165, 1.54) is 30.9 Å². The van der Waals surface area contributed by atoms with Crippen molar-refractivity contribution >= 4 is 21.7 Å². The average Bonchev–Trinajstić information content (AvgIpc) is 3.22. The Morgan fingerprint density at radius 2 is 1.68 bits per heavy atom. The van der Waals surface area contributed by atoms with Crippen LogP contribution in [0.15, 0.2) is 82.2 Å². The maximum absolute atomic E-state index is 11.7. The number of methoxy groups -OCH3 is 1. The zero-order valence-corrected chi connectivity index (χ0v) is 17.8. The van der Waals surface area contributed by atoms with Crippen molar-refractivity contribution in [3.8, 4) is 28.2 Å². The molecule has 0 fully saturated rings. The first kappa shape index (κ1) is 20.6. The third-order valence-corrected chi connectivity index (χ3v) is 5.66. The van der Waals surface area contributed by atoms with E-state index in [1.54, 1.807) is 6.20 Å². The normalized spacial score (nSPS) is 11.3. The molecule has 0 aliphatic rings. The highest BCUT2D eigenvalue weighted by Crippen LogP contribution is 2.32. The van der Waals surface area contributed by atoms with E-state index in [0.717, 1.165) is 16.7 Å². The molecule has 158 valence electrons. The molecule has 8 heteroatoms. The van der Waals surface area contributed by atoms with Gasteiger partial charge in [-0.25, -0.2) is 18.5 Å². The Bertz CT molecular complexity index is 1350. The molecule has 0 bridgehead atoms. The van der Waals surface area contributed by atoms with Gasteiger partial charge in [0.25, 0.3) is 6.01 Å². The van der Waals surface area contributed by atoms with Crippen LogP contribution in [0.3, 0.4) is 0 Å². The first-order chi connectivity index (χ1) is 14.8. The molecule has 0 spiro atoms. The third-order valence-electron chi connectivity index (χ3n) is 4.75. The van der Waals surface area contributed by atoms with Crippen LogP contribution in [0.2, 0.25) is 0 Å². The monoisotopic (exact) mass is 435 g/mol. The highest BCUT2D eigenvalue weighted by atomic mass is 32.2. The van der Waals surface area contributed by atoms with Gasteiger partial charge in [0.1, 0.15) is 5.75 Å². The molecule has 0 saturated heterocycles. The Morgan fingerprint density at radius 1 is 0.968 bits per heavy atom. The summed E-state index contributed by atoms with van der Waals surface area (Å²) in [7, 11) is -2.38. The van der Waals surface area contributed by atoms with Gasteiger partial charge >= 0.3 is 0 Å². The van der Waals surface area contributed by atoms with Gasteiger partial charge in [-0.05, 0) is 42.3 Å². The molecule has 3 aromatic carbocycles. The van der Waals surface area contributed by atoms with E-state index in [2.05, 4.69) is 35.4 Å². The third kappa shape index (κ3) is 4.60. The van der Waals surface area contributed by atoms with Crippen LogP contribution in [0.5, 0.6) is 5.75 Å². The SMILES string of the molecule is COc1ccc(S(N)(=O)=O)cc1Nc1ncc(-c2cccc(-c3cccc(C)c3)c2)o1. The summed E-state index contributed by atoms with van der Waals surface area (Å²) in [4.78, 5) is 4.21. The topological polar surface area (TPSA) is 107 Å². The molecule has 0 radical (unpaired) electrons. The van der Waals surface area contributed by atoms with Gasteiger partial charge in [-0.15, -0.1) is 0 Å². The Hall–Kier alpha value is -3.62. The number of oxazole rings is 1. The van der Waals surface area contributed by atoms with Gasteiger partial charge in [-0.3, -0.25) is 0 Å². The van der Waals surface area contributed by atoms with Crippen LogP contribution in [0, 0.1) is 6.92 Å². The molecule has 4 rings (SSSR count). The van der Waals surface area contributed by atoms with Gasteiger partial charge in [-0.2, -0.15) is 0 Å². The molecule has 0 saturated carbocycles. The number of nitrogens with two attached hydrogens (primary N) is 1. The number of benzene rings is 3. The molecule has 0 unspecified atom stereocenters. The van der Waals surface area contributed by atoms with Crippen molar-refractivity contribution in [1.82, 2.24) is 4.98 Å². The maximum atomic E-state index is 11.7. The summed E-state index contributed by atoms with van der Waals surface area (Å²) in [6, 6.07) is 20.7. The molecule has 1 aromatic heterocycles. The lowest BCUT2D eigenvalue weighted by molar-refractivity contribution is 0.416. The highest BCUT2D eigenvalue weighted by molar-refractivity contribution is 7.89. The number of ether oxygens (including phenoxy) is 1. The Balaban J connectivity index is 1.63. The van der Waals surface area contributed by atoms with Crippen molar-refractivity contribution in [2.45, 2.75) is 11.8 Å². The van der Waals surface area contributed by atoms with Gasteiger partial charge in [0, 0.05) is 5.56 Å². The highest BCUT2D eigenvalue weighted by Gasteiger charge is 2.15. The minimum Gasteiger partial charge on any atom is -0.495 e. The van der Waals surface area contributed by atoms with Crippen LogP contribution in [0.4, 0.5) is 11.7 Å². The van der Waals surface area contributed by atoms with E-state index < -0.39 is 10.0 Å². The summed E-state index contributed by atoms with van der Waals surface area (Å²) in [5.41, 5.74) is 4.60. The number of hydrogen-bond acceptors (Lipinski definition) is 6. The quantitative estimate of drug-likeness (QED) is 0.454. The van der Waals surface area contributed by atoms with Gasteiger partial charge < -0.3 is 14.5 Å². The van der Waals surface area contributed by atoms with Crippen molar-refractivity contribution in [2.75, 3.05) is 12.4 Å². The number of nitrogens with one attached hydrogen (secondary N) is 1. The lowest BCUT2D eigenvalue weighted by atomic mass is 10.0. The number of rotatable bonds is 6. The molecule has 31 heavy (non-hydrogen) atoms. The minimum absolute atomic E-state index is 0.0477. The predicted octanol–water partition coefficient (Wildman–Crippen LogP) is 4.72. The lowest BCUT2D eigenvalue weighted by Crippen LogP contribution is -2.12. The smallest absolute Gasteiger partial charge is 0.299 e. The summed E-state index contributed by atoms with van der Waals surface area (Å²) in [5, 5.41) is 8.18. The van der Waals surface area contributed by atoms with Crippen molar-refractivity contribution in [3.63, 3.8) is 0 Å². The van der Waals surface area contributed by atoms with Crippen molar-refractivity contribution < 1.29 is 17.6 Å². The summed E-state index contributed by atoms with van der Waals surface area (Å²) >= 11 is 0. The van der Waals surface area contributed by atoms with Crippen molar-refractivity contribution in [1.29, 1.82) is 0 Å². The second-order valence-electron chi connectivity index (χ2n) is 7.01. The zero-order chi connectivity index (χ0) is 22.0. The van der Waals surface area contributed by atoms with Crippen LogP contribution in [-0.2, 0) is 10.0 Å². The van der Waals surface area contributed by atoms with Crippen LogP contribution in [-0.4, -0.2) is 20.5 Å². The van der Waals surface area contributed by atoms with E-state index in [1.807, 2.05) is 30.3 Å². The number of sulfonamides is 1. The number of primary sulfonamides is 1. The fourth-order valence-electron chi connectivity index (χ4n) is 3.22. The van der Waals surface area contributed by atoms with E-state index in [0.29, 0.717) is 17.2 Å². The molecule has 7 nitrogen and oxygen atoms in total. The first-order valence-electron chi connectivity index (χ1n) is 9.45. The maximum Gasteiger partial charge on any atom is 0.299 e. The second kappa shape index (κ2) is 8.25. The van der Waals surface area contributed by atoms with E-state index in [4.69, 9.17) is 14.3 Å². The average molecular weight is 436 g/mol. The van der Waals surface area contributed by atoms with Crippen LogP contribution in [0.1, 0.15) is 5.56 Å². The summed E-state index contributed by atoms with van der Waals surface area (Å²) in [6.45, 7) is 2.06. The number of hydrogen-bond donors (Lipinski definition) is 2. The van der Waals surface area contributed by atoms with Gasteiger partial charge in [-0.1, -0.05) is 48.0 Å². The molecule has 0 amide bonds. The zero-order valence-electron chi connectivity index (χ0n) is 17.0. The van der Waals surface area contributed by atoms with E-state index in [9.17, 15) is 8.42 Å². The summed E-state index contributed by atoms with van der Waals surface area (Å²) in [5.74, 6) is 0.993. The minimum atomic E-state index is -3.86. The number of aryl methyl sites for hydroxylation is 1.